The average Bonchev–Trinajstić information content (AvgIpc) is 3.33. The van der Waals surface area contributed by atoms with Gasteiger partial charge in [-0.25, -0.2) is 9.69 Å². The van der Waals surface area contributed by atoms with Crippen molar-refractivity contribution in [3.05, 3.63) is 60.9 Å². The van der Waals surface area contributed by atoms with Crippen LogP contribution >= 0.6 is 22.6 Å². The predicted molar refractivity (Wildman–Crippen MR) is 182 cm³/mol. The number of rotatable bonds is 10. The second-order valence-corrected chi connectivity index (χ2v) is 20.2. The molecule has 45 heavy (non-hydrogen) atoms. The fourth-order valence-electron chi connectivity index (χ4n) is 5.22. The van der Waals surface area contributed by atoms with Gasteiger partial charge >= 0.3 is 12.1 Å². The van der Waals surface area contributed by atoms with Gasteiger partial charge in [0.1, 0.15) is 17.2 Å². The number of amides is 3. The lowest BCUT2D eigenvalue weighted by molar-refractivity contribution is -0.147. The van der Waals surface area contributed by atoms with E-state index in [0.717, 1.165) is 11.2 Å². The van der Waals surface area contributed by atoms with Gasteiger partial charge in [-0.05, 0) is 50.5 Å². The molecular weight excluding hydrogens is 707 g/mol. The predicted octanol–water partition coefficient (Wildman–Crippen LogP) is 6.00. The number of nitrogens with zero attached hydrogens (tertiary/aromatic N) is 2. The number of halogens is 1. The number of hydrogen-bond donors (Lipinski definition) is 0. The van der Waals surface area contributed by atoms with Crippen molar-refractivity contribution in [1.82, 2.24) is 9.80 Å². The summed E-state index contributed by atoms with van der Waals surface area (Å²) < 4.78 is 23.4. The van der Waals surface area contributed by atoms with Crippen LogP contribution in [0, 0.1) is 5.92 Å². The van der Waals surface area contributed by atoms with Crippen LogP contribution in [0.15, 0.2) is 55.3 Å². The van der Waals surface area contributed by atoms with Crippen LogP contribution in [-0.2, 0) is 39.6 Å². The molecule has 0 unspecified atom stereocenters. The van der Waals surface area contributed by atoms with Crippen molar-refractivity contribution in [2.75, 3.05) is 13.2 Å². The number of hydrogen-bond acceptors (Lipinski definition) is 8. The van der Waals surface area contributed by atoms with Crippen molar-refractivity contribution in [1.29, 1.82) is 0 Å². The molecule has 2 heterocycles. The number of carbonyl (C=O) groups excluding carboxylic acids is 4. The smallest absolute Gasteiger partial charge is 0.417 e. The minimum Gasteiger partial charge on any atom is -0.443 e. The molecule has 0 N–H and O–H groups in total. The minimum absolute atomic E-state index is 0.0709. The molecule has 2 aliphatic rings. The molecule has 2 aliphatic heterocycles. The van der Waals surface area contributed by atoms with Gasteiger partial charge < -0.3 is 23.5 Å². The lowest BCUT2D eigenvalue weighted by atomic mass is 9.84. The molecule has 5 atom stereocenters. The summed E-state index contributed by atoms with van der Waals surface area (Å²) in [5.41, 5.74) is -1.78. The summed E-state index contributed by atoms with van der Waals surface area (Å²) in [7, 11) is -2.20. The molecule has 12 heteroatoms. The van der Waals surface area contributed by atoms with E-state index >= 15 is 0 Å². The van der Waals surface area contributed by atoms with Crippen LogP contribution in [-0.4, -0.2) is 82.4 Å². The summed E-state index contributed by atoms with van der Waals surface area (Å²) in [6.07, 6.45) is 2.76. The number of ether oxygens (including phenoxy) is 3. The highest BCUT2D eigenvalue weighted by Gasteiger charge is 2.69. The normalized spacial score (nSPS) is 25.3. The van der Waals surface area contributed by atoms with Crippen LogP contribution in [0.3, 0.4) is 0 Å². The molecule has 0 spiro atoms. The molecule has 2 fully saturated rings. The molecule has 3 rings (SSSR count). The molecule has 1 aromatic rings. The standard InChI is InChI=1S/C33H47IN2O8Si/c1-11-24-26(34)25-28(38)35(18-20-42-45(9,10)32(6,7)8)27(33(25,43-24)17-19-41-22(2)37)29(39)36(30(40)44-31(3,4)5)21-23-15-13-12-14-16-23/h11-17,19,24-27H,1,18,20-21H2,2-10H3/t24-,25+,26-,27-,33+/m0/s1. The van der Waals surface area contributed by atoms with Crippen molar-refractivity contribution in [3.8, 4) is 0 Å². The van der Waals surface area contributed by atoms with Crippen molar-refractivity contribution in [2.45, 2.75) is 100 Å². The number of alkyl halides is 1. The molecule has 10 nitrogen and oxygen atoms in total. The Hall–Kier alpha value is -2.55. The Bertz CT molecular complexity index is 1310. The number of imide groups is 1. The Morgan fingerprint density at radius 1 is 1.13 bits per heavy atom. The van der Waals surface area contributed by atoms with E-state index in [4.69, 9.17) is 18.6 Å². The van der Waals surface area contributed by atoms with Crippen LogP contribution in [0.4, 0.5) is 4.79 Å². The van der Waals surface area contributed by atoms with Crippen molar-refractivity contribution in [2.24, 2.45) is 5.92 Å². The van der Waals surface area contributed by atoms with E-state index in [9.17, 15) is 19.2 Å². The number of carbonyl (C=O) groups is 4. The molecule has 3 amide bonds. The maximum absolute atomic E-state index is 14.8. The SMILES string of the molecule is C=C[C@@H]1O[C@@]2(C=COC(C)=O)[C@H](C(=O)N(Cc3ccccc3)C(=O)OC(C)(C)C)N(CCO[Si](C)(C)C(C)(C)C)C(=O)[C@H]2[C@H]1I. The van der Waals surface area contributed by atoms with Gasteiger partial charge in [-0.1, -0.05) is 79.8 Å². The van der Waals surface area contributed by atoms with Crippen LogP contribution in [0.2, 0.25) is 18.1 Å². The van der Waals surface area contributed by atoms with Gasteiger partial charge in [0.15, 0.2) is 8.32 Å². The zero-order chi connectivity index (χ0) is 34.0. The summed E-state index contributed by atoms with van der Waals surface area (Å²) in [5, 5.41) is -0.0709. The van der Waals surface area contributed by atoms with E-state index < -0.39 is 59.5 Å². The van der Waals surface area contributed by atoms with Gasteiger partial charge in [-0.15, -0.1) is 6.58 Å². The topological polar surface area (TPSA) is 112 Å². The highest BCUT2D eigenvalue weighted by molar-refractivity contribution is 14.1. The molecule has 0 aromatic heterocycles. The van der Waals surface area contributed by atoms with E-state index in [-0.39, 0.29) is 30.6 Å². The minimum atomic E-state index is -2.20. The van der Waals surface area contributed by atoms with E-state index in [2.05, 4.69) is 63.0 Å². The molecule has 0 saturated carbocycles. The van der Waals surface area contributed by atoms with Gasteiger partial charge in [0.25, 0.3) is 5.91 Å². The van der Waals surface area contributed by atoms with Crippen molar-refractivity contribution < 1.29 is 37.8 Å². The Morgan fingerprint density at radius 2 is 1.76 bits per heavy atom. The van der Waals surface area contributed by atoms with Crippen LogP contribution in [0.5, 0.6) is 0 Å². The third kappa shape index (κ3) is 8.24. The summed E-state index contributed by atoms with van der Waals surface area (Å²) in [6.45, 7) is 21.1. The number of benzene rings is 1. The second-order valence-electron chi connectivity index (χ2n) is 13.9. The number of esters is 1. The first-order valence-corrected chi connectivity index (χ1v) is 19.2. The monoisotopic (exact) mass is 754 g/mol. The fourth-order valence-corrected chi connectivity index (χ4v) is 7.56. The van der Waals surface area contributed by atoms with Gasteiger partial charge in [0.2, 0.25) is 5.91 Å². The highest BCUT2D eigenvalue weighted by atomic mass is 127. The maximum atomic E-state index is 14.8. The summed E-state index contributed by atoms with van der Waals surface area (Å²) in [4.78, 5) is 57.1. The first-order chi connectivity index (χ1) is 20.8. The zero-order valence-electron chi connectivity index (χ0n) is 27.8. The quantitative estimate of drug-likeness (QED) is 0.0715. The van der Waals surface area contributed by atoms with E-state index in [0.29, 0.717) is 5.56 Å². The highest BCUT2D eigenvalue weighted by Crippen LogP contribution is 2.52. The average molecular weight is 755 g/mol. The first-order valence-electron chi connectivity index (χ1n) is 15.1. The third-order valence-corrected chi connectivity index (χ3v) is 14.4. The van der Waals surface area contributed by atoms with E-state index in [1.807, 2.05) is 18.2 Å². The van der Waals surface area contributed by atoms with Crippen molar-refractivity contribution in [3.63, 3.8) is 0 Å². The molecular formula is C33H47IN2O8Si. The third-order valence-electron chi connectivity index (χ3n) is 8.44. The Morgan fingerprint density at radius 3 is 2.29 bits per heavy atom. The van der Waals surface area contributed by atoms with E-state index in [1.165, 1.54) is 17.9 Å². The number of likely N-dealkylation sites (tertiary alicyclic amines) is 1. The molecule has 248 valence electrons. The van der Waals surface area contributed by atoms with Gasteiger partial charge in [-0.2, -0.15) is 0 Å². The van der Waals surface area contributed by atoms with Gasteiger partial charge in [0, 0.05) is 13.5 Å². The number of fused-ring (bicyclic) bond motifs is 1. The van der Waals surface area contributed by atoms with E-state index in [1.54, 1.807) is 39.0 Å². The molecule has 0 radical (unpaired) electrons. The first kappa shape index (κ1) is 36.9. The lowest BCUT2D eigenvalue weighted by Crippen LogP contribution is -2.58. The Kier molecular flexibility index (Phi) is 11.5. The van der Waals surface area contributed by atoms with Gasteiger partial charge in [-0.3, -0.25) is 14.4 Å². The molecule has 0 bridgehead atoms. The van der Waals surface area contributed by atoms with Gasteiger partial charge in [0.05, 0.1) is 35.4 Å². The summed E-state index contributed by atoms with van der Waals surface area (Å²) >= 11 is 2.15. The molecule has 2 saturated heterocycles. The van der Waals surface area contributed by atoms with Crippen LogP contribution < -0.4 is 0 Å². The largest absolute Gasteiger partial charge is 0.443 e. The van der Waals surface area contributed by atoms with Crippen LogP contribution in [0.25, 0.3) is 0 Å². The second kappa shape index (κ2) is 14.1. The Labute approximate surface area is 281 Å². The fraction of sp³-hybridized carbons (Fsp3) is 0.576. The lowest BCUT2D eigenvalue weighted by Gasteiger charge is -2.39. The summed E-state index contributed by atoms with van der Waals surface area (Å²) in [6, 6.07) is 7.76. The summed E-state index contributed by atoms with van der Waals surface area (Å²) in [5.74, 6) is -2.42. The molecule has 0 aliphatic carbocycles. The zero-order valence-corrected chi connectivity index (χ0v) is 31.0. The van der Waals surface area contributed by atoms with Crippen molar-refractivity contribution >= 4 is 54.8 Å². The maximum Gasteiger partial charge on any atom is 0.417 e. The molecule has 1 aromatic carbocycles. The van der Waals surface area contributed by atoms with Crippen LogP contribution in [0.1, 0.15) is 54.0 Å². The Balaban J connectivity index is 2.16.